The zero-order valence-corrected chi connectivity index (χ0v) is 7.30. The predicted molar refractivity (Wildman–Crippen MR) is 48.8 cm³/mol. The van der Waals surface area contributed by atoms with Crippen molar-refractivity contribution in [2.24, 2.45) is 5.73 Å². The highest BCUT2D eigenvalue weighted by Crippen LogP contribution is 2.13. The number of amides is 1. The minimum absolute atomic E-state index is 0.0730. The van der Waals surface area contributed by atoms with E-state index in [0.29, 0.717) is 11.3 Å². The van der Waals surface area contributed by atoms with Crippen LogP contribution in [0.1, 0.15) is 5.56 Å². The van der Waals surface area contributed by atoms with Crippen LogP contribution in [0.25, 0.3) is 0 Å². The number of hydrogen-bond donors (Lipinski definition) is 2. The van der Waals surface area contributed by atoms with Gasteiger partial charge in [0, 0.05) is 5.69 Å². The molecule has 70 valence electrons. The van der Waals surface area contributed by atoms with Crippen molar-refractivity contribution < 1.29 is 9.18 Å². The highest BCUT2D eigenvalue weighted by atomic mass is 19.1. The van der Waals surface area contributed by atoms with E-state index in [2.05, 4.69) is 5.32 Å². The fraction of sp³-hybridized carbons (Fsp3) is 0.222. The molecular weight excluding hydrogens is 171 g/mol. The third kappa shape index (κ3) is 2.52. The van der Waals surface area contributed by atoms with E-state index < -0.39 is 0 Å². The van der Waals surface area contributed by atoms with E-state index in [9.17, 15) is 9.18 Å². The van der Waals surface area contributed by atoms with E-state index >= 15 is 0 Å². The lowest BCUT2D eigenvalue weighted by molar-refractivity contribution is -0.114. The number of benzene rings is 1. The fourth-order valence-electron chi connectivity index (χ4n) is 0.934. The first-order valence-electron chi connectivity index (χ1n) is 3.89. The lowest BCUT2D eigenvalue weighted by Crippen LogP contribution is -2.21. The van der Waals surface area contributed by atoms with Gasteiger partial charge < -0.3 is 11.1 Å². The quantitative estimate of drug-likeness (QED) is 0.717. The summed E-state index contributed by atoms with van der Waals surface area (Å²) in [6, 6.07) is 4.36. The van der Waals surface area contributed by atoms with Crippen molar-refractivity contribution in [3.8, 4) is 0 Å². The molecule has 0 aromatic heterocycles. The molecule has 0 heterocycles. The molecule has 0 bridgehead atoms. The Morgan fingerprint density at radius 2 is 2.31 bits per heavy atom. The van der Waals surface area contributed by atoms with Crippen LogP contribution in [-0.2, 0) is 4.79 Å². The highest BCUT2D eigenvalue weighted by Gasteiger charge is 2.01. The Labute approximate surface area is 75.7 Å². The molecular formula is C9H11FN2O. The summed E-state index contributed by atoms with van der Waals surface area (Å²) < 4.78 is 12.8. The van der Waals surface area contributed by atoms with Crippen LogP contribution in [-0.4, -0.2) is 12.5 Å². The van der Waals surface area contributed by atoms with Crippen molar-refractivity contribution in [2.75, 3.05) is 11.9 Å². The molecule has 1 aromatic rings. The number of hydrogen-bond acceptors (Lipinski definition) is 2. The van der Waals surface area contributed by atoms with Crippen molar-refractivity contribution in [1.82, 2.24) is 0 Å². The molecule has 1 amide bonds. The summed E-state index contributed by atoms with van der Waals surface area (Å²) in [4.78, 5) is 10.8. The maximum absolute atomic E-state index is 12.8. The topological polar surface area (TPSA) is 55.1 Å². The molecule has 4 heteroatoms. The van der Waals surface area contributed by atoms with Crippen molar-refractivity contribution in [2.45, 2.75) is 6.92 Å². The zero-order chi connectivity index (χ0) is 9.84. The number of halogens is 1. The van der Waals surface area contributed by atoms with Gasteiger partial charge in [0.15, 0.2) is 0 Å². The summed E-state index contributed by atoms with van der Waals surface area (Å²) in [6.07, 6.45) is 0. The monoisotopic (exact) mass is 182 g/mol. The molecule has 3 N–H and O–H groups in total. The smallest absolute Gasteiger partial charge is 0.238 e. The average Bonchev–Trinajstić information content (AvgIpc) is 2.11. The third-order valence-corrected chi connectivity index (χ3v) is 1.63. The Bertz CT molecular complexity index is 325. The van der Waals surface area contributed by atoms with Gasteiger partial charge in [-0.25, -0.2) is 4.39 Å². The molecule has 0 spiro atoms. The SMILES string of the molecule is Cc1cc(NC(=O)CN)ccc1F. The number of anilines is 1. The predicted octanol–water partition coefficient (Wildman–Crippen LogP) is 1.03. The summed E-state index contributed by atoms with van der Waals surface area (Å²) in [7, 11) is 0. The van der Waals surface area contributed by atoms with Gasteiger partial charge in [-0.2, -0.15) is 0 Å². The molecule has 0 radical (unpaired) electrons. The van der Waals surface area contributed by atoms with E-state index in [1.165, 1.54) is 12.1 Å². The summed E-state index contributed by atoms with van der Waals surface area (Å²) in [6.45, 7) is 1.56. The first kappa shape index (κ1) is 9.67. The molecule has 0 aliphatic carbocycles. The van der Waals surface area contributed by atoms with E-state index in [0.717, 1.165) is 0 Å². The zero-order valence-electron chi connectivity index (χ0n) is 7.30. The Balaban J connectivity index is 2.79. The normalized spacial score (nSPS) is 9.77. The summed E-state index contributed by atoms with van der Waals surface area (Å²) in [5.74, 6) is -0.572. The van der Waals surface area contributed by atoms with Crippen LogP contribution in [0.4, 0.5) is 10.1 Å². The lowest BCUT2D eigenvalue weighted by atomic mass is 10.2. The molecule has 0 saturated carbocycles. The van der Waals surface area contributed by atoms with Crippen LogP contribution in [0.2, 0.25) is 0 Å². The molecule has 13 heavy (non-hydrogen) atoms. The second-order valence-corrected chi connectivity index (χ2v) is 2.72. The summed E-state index contributed by atoms with van der Waals surface area (Å²) in [5, 5.41) is 2.53. The number of nitrogens with one attached hydrogen (secondary N) is 1. The van der Waals surface area contributed by atoms with Crippen molar-refractivity contribution >= 4 is 11.6 Å². The summed E-state index contributed by atoms with van der Waals surface area (Å²) in [5.41, 5.74) is 6.16. The van der Waals surface area contributed by atoms with Gasteiger partial charge in [0.1, 0.15) is 5.82 Å². The largest absolute Gasteiger partial charge is 0.325 e. The maximum Gasteiger partial charge on any atom is 0.238 e. The summed E-state index contributed by atoms with van der Waals surface area (Å²) >= 11 is 0. The molecule has 3 nitrogen and oxygen atoms in total. The van der Waals surface area contributed by atoms with Crippen molar-refractivity contribution in [3.05, 3.63) is 29.6 Å². The van der Waals surface area contributed by atoms with E-state index in [4.69, 9.17) is 5.73 Å². The Hall–Kier alpha value is -1.42. The minimum Gasteiger partial charge on any atom is -0.325 e. The van der Waals surface area contributed by atoms with Gasteiger partial charge >= 0.3 is 0 Å². The first-order valence-corrected chi connectivity index (χ1v) is 3.89. The van der Waals surface area contributed by atoms with Gasteiger partial charge in [0.2, 0.25) is 5.91 Å². The number of rotatable bonds is 2. The number of carbonyl (C=O) groups excluding carboxylic acids is 1. The number of nitrogens with two attached hydrogens (primary N) is 1. The van der Waals surface area contributed by atoms with E-state index in [1.54, 1.807) is 13.0 Å². The van der Waals surface area contributed by atoms with Crippen LogP contribution in [0.5, 0.6) is 0 Å². The molecule has 0 aliphatic rings. The van der Waals surface area contributed by atoms with Crippen molar-refractivity contribution in [1.29, 1.82) is 0 Å². The molecule has 0 atom stereocenters. The standard InChI is InChI=1S/C9H11FN2O/c1-6-4-7(2-3-8(6)10)12-9(13)5-11/h2-4H,5,11H2,1H3,(H,12,13). The second-order valence-electron chi connectivity index (χ2n) is 2.72. The number of carbonyl (C=O) groups is 1. The molecule has 1 rings (SSSR count). The maximum atomic E-state index is 12.8. The first-order chi connectivity index (χ1) is 6.13. The Kier molecular flexibility index (Phi) is 2.97. The Morgan fingerprint density at radius 3 is 2.85 bits per heavy atom. The van der Waals surface area contributed by atoms with Gasteiger partial charge in [-0.3, -0.25) is 4.79 Å². The molecule has 0 unspecified atom stereocenters. The molecule has 0 saturated heterocycles. The average molecular weight is 182 g/mol. The Morgan fingerprint density at radius 1 is 1.62 bits per heavy atom. The fourth-order valence-corrected chi connectivity index (χ4v) is 0.934. The van der Waals surface area contributed by atoms with Gasteiger partial charge in [-0.15, -0.1) is 0 Å². The van der Waals surface area contributed by atoms with Gasteiger partial charge in [-0.05, 0) is 30.7 Å². The number of aryl methyl sites for hydroxylation is 1. The molecule has 0 fully saturated rings. The third-order valence-electron chi connectivity index (χ3n) is 1.63. The van der Waals surface area contributed by atoms with Gasteiger partial charge in [-0.1, -0.05) is 0 Å². The molecule has 0 aliphatic heterocycles. The molecule has 1 aromatic carbocycles. The minimum atomic E-state index is -0.286. The van der Waals surface area contributed by atoms with Gasteiger partial charge in [0.25, 0.3) is 0 Å². The van der Waals surface area contributed by atoms with Crippen LogP contribution in [0.15, 0.2) is 18.2 Å². The highest BCUT2D eigenvalue weighted by molar-refractivity contribution is 5.92. The van der Waals surface area contributed by atoms with Crippen molar-refractivity contribution in [3.63, 3.8) is 0 Å². The van der Waals surface area contributed by atoms with Crippen LogP contribution in [0, 0.1) is 12.7 Å². The van der Waals surface area contributed by atoms with E-state index in [1.807, 2.05) is 0 Å². The van der Waals surface area contributed by atoms with E-state index in [-0.39, 0.29) is 18.3 Å². The van der Waals surface area contributed by atoms with Crippen LogP contribution >= 0.6 is 0 Å². The second kappa shape index (κ2) is 4.00. The van der Waals surface area contributed by atoms with Crippen LogP contribution in [0.3, 0.4) is 0 Å². The van der Waals surface area contributed by atoms with Gasteiger partial charge in [0.05, 0.1) is 6.54 Å². The van der Waals surface area contributed by atoms with Crippen LogP contribution < -0.4 is 11.1 Å². The lowest BCUT2D eigenvalue weighted by Gasteiger charge is -2.04.